The van der Waals surface area contributed by atoms with Gasteiger partial charge in [0, 0.05) is 32.8 Å². The first kappa shape index (κ1) is 15.2. The van der Waals surface area contributed by atoms with Crippen LogP contribution < -0.4 is 0 Å². The summed E-state index contributed by atoms with van der Waals surface area (Å²) in [5.74, 6) is 0.694. The Kier molecular flexibility index (Phi) is 5.22. The van der Waals surface area contributed by atoms with Crippen molar-refractivity contribution < 1.29 is 13.2 Å². The zero-order valence-corrected chi connectivity index (χ0v) is 12.9. The lowest BCUT2D eigenvalue weighted by Gasteiger charge is -2.35. The monoisotopic (exact) mass is 290 g/mol. The minimum atomic E-state index is -3.28. The van der Waals surface area contributed by atoms with E-state index in [1.54, 1.807) is 15.7 Å². The van der Waals surface area contributed by atoms with Crippen molar-refractivity contribution in [3.05, 3.63) is 0 Å². The third kappa shape index (κ3) is 3.29. The van der Waals surface area contributed by atoms with Crippen molar-refractivity contribution in [3.8, 4) is 0 Å². The minimum Gasteiger partial charge on any atom is -0.383 e. The summed E-state index contributed by atoms with van der Waals surface area (Å²) >= 11 is 0. The van der Waals surface area contributed by atoms with Crippen molar-refractivity contribution >= 4 is 10.2 Å². The molecular formula is C13H26N2O3S. The SMILES string of the molecule is CCC1CCN(S(=O)(=O)N2CCCC2COC)CC1. The molecule has 5 nitrogen and oxygen atoms in total. The van der Waals surface area contributed by atoms with E-state index in [1.807, 2.05) is 0 Å². The Balaban J connectivity index is 2.01. The quantitative estimate of drug-likeness (QED) is 0.770. The summed E-state index contributed by atoms with van der Waals surface area (Å²) in [4.78, 5) is 0. The Labute approximate surface area is 117 Å². The molecule has 0 amide bonds. The highest BCUT2D eigenvalue weighted by Crippen LogP contribution is 2.27. The highest BCUT2D eigenvalue weighted by atomic mass is 32.2. The van der Waals surface area contributed by atoms with Gasteiger partial charge >= 0.3 is 0 Å². The second-order valence-electron chi connectivity index (χ2n) is 5.62. The normalized spacial score (nSPS) is 28.0. The molecule has 0 aliphatic carbocycles. The molecule has 2 saturated heterocycles. The summed E-state index contributed by atoms with van der Waals surface area (Å²) in [5, 5.41) is 0. The Morgan fingerprint density at radius 3 is 2.42 bits per heavy atom. The van der Waals surface area contributed by atoms with Crippen molar-refractivity contribution in [1.82, 2.24) is 8.61 Å². The molecule has 6 heteroatoms. The van der Waals surface area contributed by atoms with Crippen molar-refractivity contribution in [2.75, 3.05) is 33.4 Å². The zero-order chi connectivity index (χ0) is 13.9. The molecule has 112 valence electrons. The first-order valence-corrected chi connectivity index (χ1v) is 8.75. The van der Waals surface area contributed by atoms with E-state index >= 15 is 0 Å². The summed E-state index contributed by atoms with van der Waals surface area (Å²) in [6.07, 6.45) is 5.01. The lowest BCUT2D eigenvalue weighted by molar-refractivity contribution is 0.144. The molecule has 2 fully saturated rings. The standard InChI is InChI=1S/C13H26N2O3S/c1-3-12-6-9-14(10-7-12)19(16,17)15-8-4-5-13(15)11-18-2/h12-13H,3-11H2,1-2H3. The lowest BCUT2D eigenvalue weighted by Crippen LogP contribution is -2.49. The molecule has 2 aliphatic heterocycles. The topological polar surface area (TPSA) is 49.9 Å². The molecule has 0 aromatic rings. The van der Waals surface area contributed by atoms with Crippen LogP contribution in [0.2, 0.25) is 0 Å². The van der Waals surface area contributed by atoms with Crippen LogP contribution in [0.1, 0.15) is 39.0 Å². The molecule has 0 bridgehead atoms. The number of rotatable bonds is 5. The summed E-state index contributed by atoms with van der Waals surface area (Å²) in [5.41, 5.74) is 0. The van der Waals surface area contributed by atoms with Gasteiger partial charge in [-0.3, -0.25) is 0 Å². The lowest BCUT2D eigenvalue weighted by atomic mass is 9.96. The summed E-state index contributed by atoms with van der Waals surface area (Å²) in [6, 6.07) is 0.0268. The molecule has 1 unspecified atom stereocenters. The van der Waals surface area contributed by atoms with Crippen LogP contribution in [0.15, 0.2) is 0 Å². The van der Waals surface area contributed by atoms with E-state index in [-0.39, 0.29) is 6.04 Å². The fourth-order valence-electron chi connectivity index (χ4n) is 3.17. The van der Waals surface area contributed by atoms with Gasteiger partial charge in [-0.05, 0) is 31.6 Å². The third-order valence-corrected chi connectivity index (χ3v) is 6.55. The number of ether oxygens (including phenoxy) is 1. The molecule has 0 saturated carbocycles. The van der Waals surface area contributed by atoms with Gasteiger partial charge in [0.1, 0.15) is 0 Å². The van der Waals surface area contributed by atoms with Gasteiger partial charge in [0.05, 0.1) is 6.61 Å². The Hall–Kier alpha value is -0.170. The highest BCUT2D eigenvalue weighted by molar-refractivity contribution is 7.86. The van der Waals surface area contributed by atoms with Gasteiger partial charge in [-0.2, -0.15) is 17.0 Å². The van der Waals surface area contributed by atoms with Crippen LogP contribution in [0, 0.1) is 5.92 Å². The Bertz CT molecular complexity index is 377. The maximum atomic E-state index is 12.7. The molecule has 2 rings (SSSR count). The average molecular weight is 290 g/mol. The molecule has 2 aliphatic rings. The molecule has 0 spiro atoms. The van der Waals surface area contributed by atoms with E-state index in [1.165, 1.54) is 0 Å². The predicted octanol–water partition coefficient (Wildman–Crippen LogP) is 1.46. The maximum absolute atomic E-state index is 12.7. The van der Waals surface area contributed by atoms with Gasteiger partial charge in [0.25, 0.3) is 10.2 Å². The van der Waals surface area contributed by atoms with Crippen LogP contribution in [-0.4, -0.2) is 56.4 Å². The van der Waals surface area contributed by atoms with Gasteiger partial charge in [0.15, 0.2) is 0 Å². The summed E-state index contributed by atoms with van der Waals surface area (Å²) in [6.45, 7) is 4.69. The first-order chi connectivity index (χ1) is 9.09. The van der Waals surface area contributed by atoms with Crippen molar-refractivity contribution in [3.63, 3.8) is 0 Å². The molecule has 0 aromatic carbocycles. The predicted molar refractivity (Wildman–Crippen MR) is 75.1 cm³/mol. The van der Waals surface area contributed by atoms with Gasteiger partial charge in [-0.15, -0.1) is 0 Å². The fourth-order valence-corrected chi connectivity index (χ4v) is 5.04. The number of piperidine rings is 1. The van der Waals surface area contributed by atoms with Crippen LogP contribution >= 0.6 is 0 Å². The molecular weight excluding hydrogens is 264 g/mol. The fraction of sp³-hybridized carbons (Fsp3) is 1.00. The first-order valence-electron chi connectivity index (χ1n) is 7.35. The Morgan fingerprint density at radius 1 is 1.16 bits per heavy atom. The summed E-state index contributed by atoms with van der Waals surface area (Å²) in [7, 11) is -1.64. The van der Waals surface area contributed by atoms with E-state index in [0.717, 1.165) is 32.1 Å². The minimum absolute atomic E-state index is 0.0268. The molecule has 0 N–H and O–H groups in total. The smallest absolute Gasteiger partial charge is 0.282 e. The van der Waals surface area contributed by atoms with E-state index in [9.17, 15) is 8.42 Å². The Morgan fingerprint density at radius 2 is 1.84 bits per heavy atom. The van der Waals surface area contributed by atoms with Crippen LogP contribution in [0.4, 0.5) is 0 Å². The van der Waals surface area contributed by atoms with Gasteiger partial charge in [-0.1, -0.05) is 13.3 Å². The largest absolute Gasteiger partial charge is 0.383 e. The molecule has 2 heterocycles. The number of nitrogens with zero attached hydrogens (tertiary/aromatic N) is 2. The van der Waals surface area contributed by atoms with E-state index < -0.39 is 10.2 Å². The van der Waals surface area contributed by atoms with Gasteiger partial charge in [0.2, 0.25) is 0 Å². The number of methoxy groups -OCH3 is 1. The highest BCUT2D eigenvalue weighted by Gasteiger charge is 2.39. The van der Waals surface area contributed by atoms with E-state index in [2.05, 4.69) is 6.92 Å². The van der Waals surface area contributed by atoms with Gasteiger partial charge < -0.3 is 4.74 Å². The van der Waals surface area contributed by atoms with E-state index in [4.69, 9.17) is 4.74 Å². The van der Waals surface area contributed by atoms with Crippen LogP contribution in [-0.2, 0) is 14.9 Å². The zero-order valence-electron chi connectivity index (χ0n) is 12.0. The average Bonchev–Trinajstić information content (AvgIpc) is 2.88. The molecule has 0 radical (unpaired) electrons. The number of hydrogen-bond acceptors (Lipinski definition) is 3. The molecule has 19 heavy (non-hydrogen) atoms. The summed E-state index contributed by atoms with van der Waals surface area (Å²) < 4.78 is 33.8. The van der Waals surface area contributed by atoms with Crippen molar-refractivity contribution in [1.29, 1.82) is 0 Å². The molecule has 0 aromatic heterocycles. The van der Waals surface area contributed by atoms with E-state index in [0.29, 0.717) is 32.2 Å². The number of hydrogen-bond donors (Lipinski definition) is 0. The van der Waals surface area contributed by atoms with Gasteiger partial charge in [-0.25, -0.2) is 0 Å². The van der Waals surface area contributed by atoms with Crippen molar-refractivity contribution in [2.45, 2.75) is 45.1 Å². The second kappa shape index (κ2) is 6.52. The van der Waals surface area contributed by atoms with Crippen LogP contribution in [0.5, 0.6) is 0 Å². The second-order valence-corrected chi connectivity index (χ2v) is 7.50. The molecule has 1 atom stereocenters. The third-order valence-electron chi connectivity index (χ3n) is 4.46. The van der Waals surface area contributed by atoms with Crippen LogP contribution in [0.3, 0.4) is 0 Å². The van der Waals surface area contributed by atoms with Crippen LogP contribution in [0.25, 0.3) is 0 Å². The maximum Gasteiger partial charge on any atom is 0.282 e. The van der Waals surface area contributed by atoms with Crippen molar-refractivity contribution in [2.24, 2.45) is 5.92 Å².